The van der Waals surface area contributed by atoms with E-state index in [2.05, 4.69) is 55.4 Å². The Morgan fingerprint density at radius 1 is 0.340 bits per heavy atom. The zero-order chi connectivity index (χ0) is 39.6. The van der Waals surface area contributed by atoms with Gasteiger partial charge in [0, 0.05) is 0 Å². The van der Waals surface area contributed by atoms with E-state index in [-0.39, 0.29) is 11.5 Å². The van der Waals surface area contributed by atoms with Crippen LogP contribution >= 0.6 is 11.3 Å². The van der Waals surface area contributed by atoms with Crippen LogP contribution in [0.15, 0.2) is 9.79 Å². The second-order valence-electron chi connectivity index (χ2n) is 16.8. The Kier molecular flexibility index (Phi) is 29.0. The SMILES string of the molecule is CCCCCCCCS(=O)(=O)c1[c]([Sn]([CH2]CCC)([CH2]CCC)[CH2]CCC)s[c]([Sn]([CH2]CCC)([CH2]CCC)[CH2]CCC)c1S(=O)(=O)CCCCCCCC. The van der Waals surface area contributed by atoms with Gasteiger partial charge in [0.1, 0.15) is 0 Å². The minimum absolute atomic E-state index is 0.112. The van der Waals surface area contributed by atoms with Crippen molar-refractivity contribution in [1.29, 1.82) is 0 Å². The maximum atomic E-state index is 15.3. The monoisotopic (exact) mass is 1020 g/mol. The molecule has 0 aliphatic rings. The van der Waals surface area contributed by atoms with Gasteiger partial charge in [0.15, 0.2) is 0 Å². The standard InChI is InChI=1S/C20H34O4S3.6C4H9.2Sn/c1-3-5-7-9-11-13-15-26(21,22)19-17-25-18-20(19)27(23,24)16-14-12-10-8-6-4-2;6*1-3-4-2;;/h3-16H2,1-2H3;6*1,3-4H2,2H3;;. The van der Waals surface area contributed by atoms with Crippen molar-refractivity contribution in [2.75, 3.05) is 11.5 Å². The molecule has 0 saturated carbocycles. The number of hydrogen-bond donors (Lipinski definition) is 0. The first-order valence-electron chi connectivity index (χ1n) is 23.1. The first-order chi connectivity index (χ1) is 25.5. The Hall–Kier alpha value is 1.20. The fraction of sp³-hybridized carbons (Fsp3) is 0.909. The van der Waals surface area contributed by atoms with Crippen molar-refractivity contribution in [2.24, 2.45) is 0 Å². The van der Waals surface area contributed by atoms with Gasteiger partial charge in [-0.2, -0.15) is 0 Å². The van der Waals surface area contributed by atoms with Crippen LogP contribution in [0.2, 0.25) is 26.6 Å². The van der Waals surface area contributed by atoms with Crippen LogP contribution in [0.3, 0.4) is 0 Å². The van der Waals surface area contributed by atoms with Crippen molar-refractivity contribution in [2.45, 2.75) is 246 Å². The average molecular weight is 1010 g/mol. The fourth-order valence-electron chi connectivity index (χ4n) is 8.54. The number of thiophene rings is 1. The first-order valence-corrected chi connectivity index (χ1v) is 42.2. The molecular formula is C44H88O4S3Sn2. The summed E-state index contributed by atoms with van der Waals surface area (Å²) in [5.74, 6) is 0.223. The van der Waals surface area contributed by atoms with Gasteiger partial charge in [0.2, 0.25) is 0 Å². The van der Waals surface area contributed by atoms with E-state index in [0.717, 1.165) is 116 Å². The quantitative estimate of drug-likeness (QED) is 0.0496. The third-order valence-electron chi connectivity index (χ3n) is 12.0. The zero-order valence-corrected chi connectivity index (χ0v) is 44.6. The van der Waals surface area contributed by atoms with E-state index in [1.807, 2.05) is 11.3 Å². The molecule has 0 aromatic carbocycles. The molecule has 0 bridgehead atoms. The summed E-state index contributed by atoms with van der Waals surface area (Å²) in [6, 6.07) is 0. The van der Waals surface area contributed by atoms with Gasteiger partial charge >= 0.3 is 348 Å². The summed E-state index contributed by atoms with van der Waals surface area (Å²) in [5, 5.41) is 0. The predicted molar refractivity (Wildman–Crippen MR) is 244 cm³/mol. The molecule has 4 nitrogen and oxygen atoms in total. The predicted octanol–water partition coefficient (Wildman–Crippen LogP) is 14.1. The summed E-state index contributed by atoms with van der Waals surface area (Å²) in [4.78, 5) is 0.864. The summed E-state index contributed by atoms with van der Waals surface area (Å²) in [5.41, 5.74) is 0. The minimum atomic E-state index is -3.78. The van der Waals surface area contributed by atoms with Crippen molar-refractivity contribution in [3.05, 3.63) is 0 Å². The third kappa shape index (κ3) is 17.5. The molecule has 1 rings (SSSR count). The van der Waals surface area contributed by atoms with Gasteiger partial charge in [-0.1, -0.05) is 0 Å². The molecule has 0 amide bonds. The second-order valence-corrected chi connectivity index (χ2v) is 50.0. The number of rotatable bonds is 36. The van der Waals surface area contributed by atoms with Gasteiger partial charge < -0.3 is 0 Å². The Bertz CT molecular complexity index is 1150. The molecular weight excluding hydrogens is 926 g/mol. The summed E-state index contributed by atoms with van der Waals surface area (Å²) < 4.78 is 70.7. The molecule has 0 atom stereocenters. The van der Waals surface area contributed by atoms with E-state index in [0.29, 0.717) is 22.6 Å². The Morgan fingerprint density at radius 2 is 0.566 bits per heavy atom. The van der Waals surface area contributed by atoms with Crippen LogP contribution in [0, 0.1) is 0 Å². The zero-order valence-electron chi connectivity index (χ0n) is 36.5. The van der Waals surface area contributed by atoms with Crippen molar-refractivity contribution in [3.8, 4) is 0 Å². The third-order valence-corrected chi connectivity index (χ3v) is 54.9. The van der Waals surface area contributed by atoms with Gasteiger partial charge in [-0.25, -0.2) is 0 Å². The molecule has 1 aromatic rings. The summed E-state index contributed by atoms with van der Waals surface area (Å²) in [6.07, 6.45) is 25.8. The van der Waals surface area contributed by atoms with Gasteiger partial charge in [-0.3, -0.25) is 0 Å². The van der Waals surface area contributed by atoms with E-state index in [1.54, 1.807) is 0 Å². The molecule has 1 aromatic heterocycles. The normalized spacial score (nSPS) is 13.0. The molecule has 53 heavy (non-hydrogen) atoms. The summed E-state index contributed by atoms with van der Waals surface area (Å²) in [6.45, 7) is 18.1. The molecule has 9 heteroatoms. The first kappa shape index (κ1) is 52.2. The number of hydrogen-bond acceptors (Lipinski definition) is 5. The molecule has 0 fully saturated rings. The molecule has 0 radical (unpaired) electrons. The van der Waals surface area contributed by atoms with E-state index >= 15 is 16.8 Å². The molecule has 1 heterocycles. The van der Waals surface area contributed by atoms with Crippen LogP contribution in [0.1, 0.15) is 209 Å². The Morgan fingerprint density at radius 3 is 0.811 bits per heavy atom. The topological polar surface area (TPSA) is 68.3 Å². The van der Waals surface area contributed by atoms with Crippen LogP contribution < -0.4 is 5.79 Å². The van der Waals surface area contributed by atoms with E-state index < -0.39 is 56.4 Å². The van der Waals surface area contributed by atoms with Crippen LogP contribution in [0.25, 0.3) is 0 Å². The van der Waals surface area contributed by atoms with Crippen LogP contribution in [-0.4, -0.2) is 65.1 Å². The fourth-order valence-corrected chi connectivity index (χ4v) is 61.8. The Balaban J connectivity index is 4.42. The second kappa shape index (κ2) is 29.4. The van der Waals surface area contributed by atoms with Gasteiger partial charge in [0.25, 0.3) is 0 Å². The number of unbranched alkanes of at least 4 members (excludes halogenated alkanes) is 16. The average Bonchev–Trinajstić information content (AvgIpc) is 3.58. The summed E-state index contributed by atoms with van der Waals surface area (Å²) >= 11 is -4.97. The summed E-state index contributed by atoms with van der Waals surface area (Å²) in [7, 11) is -7.56. The number of sulfone groups is 2. The molecule has 0 aliphatic carbocycles. The molecule has 314 valence electrons. The van der Waals surface area contributed by atoms with Crippen molar-refractivity contribution in [1.82, 2.24) is 0 Å². The van der Waals surface area contributed by atoms with Gasteiger partial charge in [-0.05, 0) is 0 Å². The van der Waals surface area contributed by atoms with Gasteiger partial charge in [-0.15, -0.1) is 0 Å². The molecule has 0 saturated heterocycles. The van der Waals surface area contributed by atoms with Crippen LogP contribution in [0.5, 0.6) is 0 Å². The van der Waals surface area contributed by atoms with Crippen molar-refractivity contribution < 1.29 is 16.8 Å². The van der Waals surface area contributed by atoms with E-state index in [1.165, 1.54) is 58.1 Å². The maximum absolute atomic E-state index is 15.3. The van der Waals surface area contributed by atoms with E-state index in [9.17, 15) is 0 Å². The van der Waals surface area contributed by atoms with E-state index in [4.69, 9.17) is 0 Å². The van der Waals surface area contributed by atoms with Crippen LogP contribution in [-0.2, 0) is 19.7 Å². The van der Waals surface area contributed by atoms with Crippen molar-refractivity contribution in [3.63, 3.8) is 0 Å². The van der Waals surface area contributed by atoms with Crippen LogP contribution in [0.4, 0.5) is 0 Å². The molecule has 0 unspecified atom stereocenters. The molecule has 0 N–H and O–H groups in total. The van der Waals surface area contributed by atoms with Crippen molar-refractivity contribution >= 4 is 73.6 Å². The Labute approximate surface area is 344 Å². The molecule has 0 aliphatic heterocycles. The molecule has 0 spiro atoms. The van der Waals surface area contributed by atoms with Gasteiger partial charge in [0.05, 0.1) is 0 Å².